The molecule has 0 spiro atoms. The first-order valence-corrected chi connectivity index (χ1v) is 7.95. The first-order valence-electron chi connectivity index (χ1n) is 6.46. The summed E-state index contributed by atoms with van der Waals surface area (Å²) in [6, 6.07) is 2.90. The lowest BCUT2D eigenvalue weighted by Crippen LogP contribution is -2.38. The molecule has 0 saturated heterocycles. The molecule has 0 unspecified atom stereocenters. The predicted molar refractivity (Wildman–Crippen MR) is 76.2 cm³/mol. The maximum absolute atomic E-state index is 12.1. The summed E-state index contributed by atoms with van der Waals surface area (Å²) in [5.74, 6) is -0.524. The van der Waals surface area contributed by atoms with Crippen LogP contribution < -0.4 is 14.2 Å². The fourth-order valence-corrected chi connectivity index (χ4v) is 2.76. The van der Waals surface area contributed by atoms with Crippen molar-refractivity contribution in [2.24, 2.45) is 0 Å². The lowest BCUT2D eigenvalue weighted by atomic mass is 10.3. The number of carbonyl (C=O) groups is 1. The summed E-state index contributed by atoms with van der Waals surface area (Å²) >= 11 is 0. The molecule has 1 aromatic rings. The summed E-state index contributed by atoms with van der Waals surface area (Å²) in [4.78, 5) is 10.7. The smallest absolute Gasteiger partial charge is 0.321 e. The van der Waals surface area contributed by atoms with Gasteiger partial charge in [0.25, 0.3) is 0 Å². The van der Waals surface area contributed by atoms with Crippen LogP contribution in [0.2, 0.25) is 0 Å². The Balaban J connectivity index is 3.12. The van der Waals surface area contributed by atoms with Crippen LogP contribution in [0.3, 0.4) is 0 Å². The second-order valence-electron chi connectivity index (χ2n) is 4.16. The van der Waals surface area contributed by atoms with Gasteiger partial charge < -0.3 is 14.6 Å². The van der Waals surface area contributed by atoms with Crippen LogP contribution in [0.1, 0.15) is 20.8 Å². The zero-order valence-corrected chi connectivity index (χ0v) is 12.9. The van der Waals surface area contributed by atoms with E-state index in [0.717, 1.165) is 0 Å². The van der Waals surface area contributed by atoms with Gasteiger partial charge in [-0.2, -0.15) is 4.72 Å². The molecule has 2 N–H and O–H groups in total. The molecule has 0 fully saturated rings. The van der Waals surface area contributed by atoms with E-state index in [1.54, 1.807) is 13.8 Å². The summed E-state index contributed by atoms with van der Waals surface area (Å²) in [5.41, 5.74) is 0. The SMILES string of the molecule is CCOc1ccc(S(=O)(=O)N[C@H](C)C(=O)O)cc1OCC. The van der Waals surface area contributed by atoms with Crippen LogP contribution >= 0.6 is 0 Å². The van der Waals surface area contributed by atoms with E-state index < -0.39 is 22.0 Å². The zero-order chi connectivity index (χ0) is 16.0. The highest BCUT2D eigenvalue weighted by molar-refractivity contribution is 7.89. The van der Waals surface area contributed by atoms with Crippen molar-refractivity contribution in [3.05, 3.63) is 18.2 Å². The van der Waals surface area contributed by atoms with Crippen molar-refractivity contribution in [1.82, 2.24) is 4.72 Å². The van der Waals surface area contributed by atoms with E-state index in [4.69, 9.17) is 14.6 Å². The Hall–Kier alpha value is -1.80. The molecule has 0 aliphatic heterocycles. The van der Waals surface area contributed by atoms with E-state index >= 15 is 0 Å². The van der Waals surface area contributed by atoms with Crippen molar-refractivity contribution in [2.75, 3.05) is 13.2 Å². The van der Waals surface area contributed by atoms with E-state index in [1.165, 1.54) is 25.1 Å². The number of sulfonamides is 1. The van der Waals surface area contributed by atoms with E-state index in [2.05, 4.69) is 4.72 Å². The van der Waals surface area contributed by atoms with Gasteiger partial charge in [-0.25, -0.2) is 8.42 Å². The average Bonchev–Trinajstić information content (AvgIpc) is 2.40. The van der Waals surface area contributed by atoms with Crippen LogP contribution in [-0.2, 0) is 14.8 Å². The number of carboxylic acid groups (broad SMARTS) is 1. The lowest BCUT2D eigenvalue weighted by molar-refractivity contribution is -0.138. The highest BCUT2D eigenvalue weighted by Gasteiger charge is 2.22. The molecule has 8 heteroatoms. The van der Waals surface area contributed by atoms with Gasteiger partial charge >= 0.3 is 5.97 Å². The van der Waals surface area contributed by atoms with E-state index in [-0.39, 0.29) is 4.90 Å². The fourth-order valence-electron chi connectivity index (χ4n) is 1.55. The first kappa shape index (κ1) is 17.3. The molecule has 0 heterocycles. The van der Waals surface area contributed by atoms with Gasteiger partial charge in [-0.05, 0) is 32.9 Å². The van der Waals surface area contributed by atoms with Crippen LogP contribution in [0.4, 0.5) is 0 Å². The maximum Gasteiger partial charge on any atom is 0.321 e. The Morgan fingerprint density at radius 1 is 1.24 bits per heavy atom. The molecule has 0 aromatic heterocycles. The molecular weight excluding hydrogens is 298 g/mol. The van der Waals surface area contributed by atoms with Crippen LogP contribution in [-0.4, -0.2) is 38.7 Å². The van der Waals surface area contributed by atoms with E-state index in [1.807, 2.05) is 0 Å². The standard InChI is InChI=1S/C13H19NO6S/c1-4-19-11-7-6-10(8-12(11)20-5-2)21(17,18)14-9(3)13(15)16/h6-9,14H,4-5H2,1-3H3,(H,15,16)/t9-/m1/s1. The van der Waals surface area contributed by atoms with Crippen LogP contribution in [0.15, 0.2) is 23.1 Å². The second kappa shape index (κ2) is 7.28. The molecule has 0 aliphatic rings. The van der Waals surface area contributed by atoms with Gasteiger partial charge in [0, 0.05) is 6.07 Å². The number of hydrogen-bond acceptors (Lipinski definition) is 5. The van der Waals surface area contributed by atoms with E-state index in [0.29, 0.717) is 24.7 Å². The molecule has 0 radical (unpaired) electrons. The Morgan fingerprint density at radius 3 is 2.33 bits per heavy atom. The molecule has 118 valence electrons. The Bertz CT molecular complexity index is 599. The third-order valence-corrected chi connectivity index (χ3v) is 4.07. The third-order valence-electron chi connectivity index (χ3n) is 2.53. The summed E-state index contributed by atoms with van der Waals surface area (Å²) in [7, 11) is -3.94. The molecule has 1 atom stereocenters. The minimum absolute atomic E-state index is 0.0810. The largest absolute Gasteiger partial charge is 0.490 e. The van der Waals surface area contributed by atoms with Gasteiger partial charge in [-0.15, -0.1) is 0 Å². The number of nitrogens with one attached hydrogen (secondary N) is 1. The van der Waals surface area contributed by atoms with Crippen molar-refractivity contribution in [3.63, 3.8) is 0 Å². The Kier molecular flexibility index (Phi) is 5.98. The zero-order valence-electron chi connectivity index (χ0n) is 12.1. The molecule has 7 nitrogen and oxygen atoms in total. The van der Waals surface area contributed by atoms with Crippen molar-refractivity contribution in [2.45, 2.75) is 31.7 Å². The molecule has 0 saturated carbocycles. The number of hydrogen-bond donors (Lipinski definition) is 2. The summed E-state index contributed by atoms with van der Waals surface area (Å²) in [5, 5.41) is 8.77. The number of benzene rings is 1. The molecule has 0 aliphatic carbocycles. The molecule has 21 heavy (non-hydrogen) atoms. The van der Waals surface area contributed by atoms with Crippen molar-refractivity contribution >= 4 is 16.0 Å². The van der Waals surface area contributed by atoms with Crippen molar-refractivity contribution in [3.8, 4) is 11.5 Å². The van der Waals surface area contributed by atoms with Gasteiger partial charge in [0.05, 0.1) is 18.1 Å². The number of ether oxygens (including phenoxy) is 2. The normalized spacial score (nSPS) is 12.7. The monoisotopic (exact) mass is 317 g/mol. The number of carboxylic acids is 1. The highest BCUT2D eigenvalue weighted by Crippen LogP contribution is 2.30. The lowest BCUT2D eigenvalue weighted by Gasteiger charge is -2.14. The van der Waals surface area contributed by atoms with Crippen molar-refractivity contribution < 1.29 is 27.8 Å². The average molecular weight is 317 g/mol. The summed E-state index contributed by atoms with van der Waals surface area (Å²) in [6.45, 7) is 5.58. The number of rotatable bonds is 8. The third kappa shape index (κ3) is 4.61. The first-order chi connectivity index (χ1) is 9.81. The molecule has 1 rings (SSSR count). The topological polar surface area (TPSA) is 102 Å². The molecule has 0 bridgehead atoms. The quantitative estimate of drug-likeness (QED) is 0.748. The van der Waals surface area contributed by atoms with E-state index in [9.17, 15) is 13.2 Å². The number of aliphatic carboxylic acids is 1. The van der Waals surface area contributed by atoms with Gasteiger partial charge in [0.2, 0.25) is 10.0 Å². The van der Waals surface area contributed by atoms with Gasteiger partial charge in [0.1, 0.15) is 6.04 Å². The second-order valence-corrected chi connectivity index (χ2v) is 5.87. The minimum Gasteiger partial charge on any atom is -0.490 e. The van der Waals surface area contributed by atoms with Gasteiger partial charge in [0.15, 0.2) is 11.5 Å². The Morgan fingerprint density at radius 2 is 1.81 bits per heavy atom. The molecular formula is C13H19NO6S. The Labute approximate surface area is 123 Å². The summed E-state index contributed by atoms with van der Waals surface area (Å²) < 4.78 is 37.0. The maximum atomic E-state index is 12.1. The minimum atomic E-state index is -3.94. The van der Waals surface area contributed by atoms with Gasteiger partial charge in [-0.3, -0.25) is 4.79 Å². The predicted octanol–water partition coefficient (Wildman–Crippen LogP) is 1.24. The highest BCUT2D eigenvalue weighted by atomic mass is 32.2. The van der Waals surface area contributed by atoms with Crippen LogP contribution in [0, 0.1) is 0 Å². The van der Waals surface area contributed by atoms with Gasteiger partial charge in [-0.1, -0.05) is 0 Å². The summed E-state index contributed by atoms with van der Waals surface area (Å²) in [6.07, 6.45) is 0. The molecule has 0 amide bonds. The fraction of sp³-hybridized carbons (Fsp3) is 0.462. The van der Waals surface area contributed by atoms with Crippen LogP contribution in [0.5, 0.6) is 11.5 Å². The van der Waals surface area contributed by atoms with Crippen molar-refractivity contribution in [1.29, 1.82) is 0 Å². The molecule has 1 aromatic carbocycles. The van der Waals surface area contributed by atoms with Crippen LogP contribution in [0.25, 0.3) is 0 Å².